The van der Waals surface area contributed by atoms with E-state index < -0.39 is 0 Å². The lowest BCUT2D eigenvalue weighted by Crippen LogP contribution is -2.39. The van der Waals surface area contributed by atoms with Crippen molar-refractivity contribution < 1.29 is 5.11 Å². The van der Waals surface area contributed by atoms with Gasteiger partial charge in [0.1, 0.15) is 0 Å². The van der Waals surface area contributed by atoms with E-state index in [1.54, 1.807) is 0 Å². The second kappa shape index (κ2) is 5.28. The molecule has 0 heterocycles. The van der Waals surface area contributed by atoms with Crippen LogP contribution >= 0.6 is 0 Å². The molecule has 0 aromatic heterocycles. The van der Waals surface area contributed by atoms with Gasteiger partial charge in [-0.25, -0.2) is 0 Å². The molecule has 3 nitrogen and oxygen atoms in total. The molecule has 0 aromatic carbocycles. The molecule has 2 aliphatic rings. The Morgan fingerprint density at radius 3 is 2.40 bits per heavy atom. The Bertz CT molecular complexity index is 186. The fourth-order valence-electron chi connectivity index (χ4n) is 2.42. The minimum atomic E-state index is -0.0304. The summed E-state index contributed by atoms with van der Waals surface area (Å²) in [6.45, 7) is 2.28. The van der Waals surface area contributed by atoms with Crippen LogP contribution < -0.4 is 5.32 Å². The van der Waals surface area contributed by atoms with Crippen LogP contribution in [0.25, 0.3) is 0 Å². The molecule has 0 aromatic rings. The third-order valence-electron chi connectivity index (χ3n) is 3.76. The van der Waals surface area contributed by atoms with Crippen molar-refractivity contribution >= 4 is 0 Å². The van der Waals surface area contributed by atoms with Crippen molar-refractivity contribution in [2.75, 3.05) is 20.1 Å². The molecule has 0 saturated heterocycles. The number of rotatable bonds is 5. The zero-order valence-corrected chi connectivity index (χ0v) is 9.78. The highest BCUT2D eigenvalue weighted by atomic mass is 16.3. The summed E-state index contributed by atoms with van der Waals surface area (Å²) in [7, 11) is 2.23. The first-order valence-electron chi connectivity index (χ1n) is 6.37. The van der Waals surface area contributed by atoms with Gasteiger partial charge in [0.25, 0.3) is 0 Å². The monoisotopic (exact) mass is 212 g/mol. The van der Waals surface area contributed by atoms with Crippen molar-refractivity contribution in [3.8, 4) is 0 Å². The highest BCUT2D eigenvalue weighted by Gasteiger charge is 2.25. The number of hydrogen-bond acceptors (Lipinski definition) is 3. The van der Waals surface area contributed by atoms with Crippen LogP contribution in [-0.4, -0.2) is 48.3 Å². The van der Waals surface area contributed by atoms with Crippen LogP contribution in [0.15, 0.2) is 0 Å². The molecule has 0 atom stereocenters. The smallest absolute Gasteiger partial charge is 0.0541 e. The van der Waals surface area contributed by atoms with Crippen LogP contribution in [0.2, 0.25) is 0 Å². The molecular formula is C12H24N2O. The molecule has 0 amide bonds. The fraction of sp³-hybridized carbons (Fsp3) is 1.00. The molecular weight excluding hydrogens is 188 g/mol. The third-order valence-corrected chi connectivity index (χ3v) is 3.76. The van der Waals surface area contributed by atoms with E-state index in [-0.39, 0.29) is 6.10 Å². The van der Waals surface area contributed by atoms with Crippen molar-refractivity contribution in [2.45, 2.75) is 56.7 Å². The van der Waals surface area contributed by atoms with Gasteiger partial charge in [0.05, 0.1) is 6.10 Å². The Kier molecular flexibility index (Phi) is 4.00. The second-order valence-corrected chi connectivity index (χ2v) is 5.17. The maximum atomic E-state index is 9.39. The lowest BCUT2D eigenvalue weighted by molar-refractivity contribution is 0.116. The quantitative estimate of drug-likeness (QED) is 0.713. The summed E-state index contributed by atoms with van der Waals surface area (Å²) in [6.07, 6.45) is 7.02. The predicted molar refractivity (Wildman–Crippen MR) is 61.9 cm³/mol. The topological polar surface area (TPSA) is 35.5 Å². The van der Waals surface area contributed by atoms with E-state index in [1.165, 1.54) is 19.4 Å². The number of aliphatic hydroxyl groups is 1. The molecule has 88 valence electrons. The van der Waals surface area contributed by atoms with Crippen LogP contribution in [0.4, 0.5) is 0 Å². The van der Waals surface area contributed by atoms with E-state index in [4.69, 9.17) is 0 Å². The summed E-state index contributed by atoms with van der Waals surface area (Å²) in [4.78, 5) is 2.46. The van der Waals surface area contributed by atoms with Crippen LogP contribution in [-0.2, 0) is 0 Å². The van der Waals surface area contributed by atoms with E-state index in [0.717, 1.165) is 38.3 Å². The molecule has 15 heavy (non-hydrogen) atoms. The van der Waals surface area contributed by atoms with Gasteiger partial charge in [0.2, 0.25) is 0 Å². The Labute approximate surface area is 92.8 Å². The Balaban J connectivity index is 1.53. The largest absolute Gasteiger partial charge is 0.393 e. The fourth-order valence-corrected chi connectivity index (χ4v) is 2.42. The van der Waals surface area contributed by atoms with Gasteiger partial charge in [0.15, 0.2) is 0 Å². The Hall–Kier alpha value is -0.120. The standard InChI is InChI=1S/C12H24N2O/c1-14(11-4-5-11)9-8-13-10-2-6-12(15)7-3-10/h10-13,15H,2-9H2,1H3. The molecule has 0 aliphatic heterocycles. The van der Waals surface area contributed by atoms with Crippen molar-refractivity contribution in [3.63, 3.8) is 0 Å². The molecule has 2 N–H and O–H groups in total. The van der Waals surface area contributed by atoms with Gasteiger partial charge < -0.3 is 15.3 Å². The average molecular weight is 212 g/mol. The van der Waals surface area contributed by atoms with E-state index in [9.17, 15) is 5.11 Å². The van der Waals surface area contributed by atoms with Crippen LogP contribution in [0.5, 0.6) is 0 Å². The summed E-state index contributed by atoms with van der Waals surface area (Å²) in [5.41, 5.74) is 0. The van der Waals surface area contributed by atoms with Gasteiger partial charge in [-0.1, -0.05) is 0 Å². The van der Waals surface area contributed by atoms with Gasteiger partial charge in [-0.3, -0.25) is 0 Å². The summed E-state index contributed by atoms with van der Waals surface area (Å²) in [6, 6.07) is 1.53. The average Bonchev–Trinajstić information content (AvgIpc) is 3.04. The first kappa shape index (κ1) is 11.4. The van der Waals surface area contributed by atoms with Crippen molar-refractivity contribution in [1.82, 2.24) is 10.2 Å². The SMILES string of the molecule is CN(CCNC1CCC(O)CC1)C1CC1. The van der Waals surface area contributed by atoms with E-state index in [1.807, 2.05) is 0 Å². The van der Waals surface area contributed by atoms with E-state index in [2.05, 4.69) is 17.3 Å². The maximum Gasteiger partial charge on any atom is 0.0541 e. The van der Waals surface area contributed by atoms with Crippen LogP contribution in [0.1, 0.15) is 38.5 Å². The Morgan fingerprint density at radius 2 is 1.80 bits per heavy atom. The van der Waals surface area contributed by atoms with Crippen LogP contribution in [0.3, 0.4) is 0 Å². The lowest BCUT2D eigenvalue weighted by Gasteiger charge is -2.27. The van der Waals surface area contributed by atoms with Crippen molar-refractivity contribution in [1.29, 1.82) is 0 Å². The summed E-state index contributed by atoms with van der Waals surface area (Å²) in [5, 5.41) is 13.0. The Morgan fingerprint density at radius 1 is 1.13 bits per heavy atom. The molecule has 0 radical (unpaired) electrons. The molecule has 2 aliphatic carbocycles. The van der Waals surface area contributed by atoms with E-state index in [0.29, 0.717) is 6.04 Å². The summed E-state index contributed by atoms with van der Waals surface area (Å²) in [5.74, 6) is 0. The highest BCUT2D eigenvalue weighted by molar-refractivity contribution is 4.83. The van der Waals surface area contributed by atoms with Crippen molar-refractivity contribution in [2.24, 2.45) is 0 Å². The molecule has 2 saturated carbocycles. The minimum Gasteiger partial charge on any atom is -0.393 e. The summed E-state index contributed by atoms with van der Waals surface area (Å²) < 4.78 is 0. The van der Waals surface area contributed by atoms with E-state index >= 15 is 0 Å². The first-order valence-corrected chi connectivity index (χ1v) is 6.37. The maximum absolute atomic E-state index is 9.39. The van der Waals surface area contributed by atoms with Gasteiger partial charge in [0, 0.05) is 25.2 Å². The normalized spacial score (nSPS) is 32.2. The molecule has 2 fully saturated rings. The first-order chi connectivity index (χ1) is 7.25. The van der Waals surface area contributed by atoms with Crippen LogP contribution in [0, 0.1) is 0 Å². The number of nitrogens with one attached hydrogen (secondary N) is 1. The van der Waals surface area contributed by atoms with Gasteiger partial charge in [-0.05, 0) is 45.6 Å². The van der Waals surface area contributed by atoms with Gasteiger partial charge >= 0.3 is 0 Å². The second-order valence-electron chi connectivity index (χ2n) is 5.17. The third kappa shape index (κ3) is 3.74. The van der Waals surface area contributed by atoms with Gasteiger partial charge in [-0.2, -0.15) is 0 Å². The predicted octanol–water partition coefficient (Wildman–Crippen LogP) is 0.974. The number of hydrogen-bond donors (Lipinski definition) is 2. The van der Waals surface area contributed by atoms with Crippen molar-refractivity contribution in [3.05, 3.63) is 0 Å². The lowest BCUT2D eigenvalue weighted by atomic mass is 9.93. The summed E-state index contributed by atoms with van der Waals surface area (Å²) >= 11 is 0. The zero-order valence-electron chi connectivity index (χ0n) is 9.78. The number of nitrogens with zero attached hydrogens (tertiary/aromatic N) is 1. The number of aliphatic hydroxyl groups excluding tert-OH is 1. The molecule has 0 spiro atoms. The number of likely N-dealkylation sites (N-methyl/N-ethyl adjacent to an activating group) is 1. The molecule has 3 heteroatoms. The highest BCUT2D eigenvalue weighted by Crippen LogP contribution is 2.24. The zero-order chi connectivity index (χ0) is 10.7. The molecule has 2 rings (SSSR count). The molecule has 0 bridgehead atoms. The molecule has 0 unspecified atom stereocenters. The minimum absolute atomic E-state index is 0.0304. The van der Waals surface area contributed by atoms with Gasteiger partial charge in [-0.15, -0.1) is 0 Å².